The van der Waals surface area contributed by atoms with Crippen LogP contribution in [0.1, 0.15) is 18.1 Å². The molecule has 0 aliphatic rings. The Balaban J connectivity index is 2.51. The summed E-state index contributed by atoms with van der Waals surface area (Å²) in [6.07, 6.45) is 0. The lowest BCUT2D eigenvalue weighted by molar-refractivity contribution is 0.592. The Morgan fingerprint density at radius 2 is 1.62 bits per heavy atom. The molecule has 2 rings (SSSR count). The van der Waals surface area contributed by atoms with Crippen molar-refractivity contribution in [1.29, 1.82) is 0 Å². The first-order valence-electron chi connectivity index (χ1n) is 6.81. The van der Waals surface area contributed by atoms with Crippen molar-refractivity contribution in [2.24, 2.45) is 0 Å². The summed E-state index contributed by atoms with van der Waals surface area (Å²) in [7, 11) is -3.61. The van der Waals surface area contributed by atoms with Crippen LogP contribution in [0, 0.1) is 13.8 Å². The summed E-state index contributed by atoms with van der Waals surface area (Å²) < 4.78 is 27.0. The van der Waals surface area contributed by atoms with Gasteiger partial charge in [0.1, 0.15) is 0 Å². The smallest absolute Gasteiger partial charge is 0.264 e. The Labute approximate surface area is 126 Å². The second-order valence-electron chi connectivity index (χ2n) is 5.08. The quantitative estimate of drug-likeness (QED) is 0.883. The van der Waals surface area contributed by atoms with Crippen LogP contribution < -0.4 is 10.0 Å². The number of anilines is 2. The van der Waals surface area contributed by atoms with E-state index in [-0.39, 0.29) is 4.90 Å². The van der Waals surface area contributed by atoms with Crippen molar-refractivity contribution in [3.8, 4) is 0 Å². The van der Waals surface area contributed by atoms with Crippen LogP contribution in [-0.2, 0) is 10.0 Å². The highest BCUT2D eigenvalue weighted by atomic mass is 32.2. The van der Waals surface area contributed by atoms with Crippen LogP contribution in [0.2, 0.25) is 0 Å². The van der Waals surface area contributed by atoms with Crippen LogP contribution in [-0.4, -0.2) is 15.0 Å². The normalized spacial score (nSPS) is 11.4. The molecular weight excluding hydrogens is 284 g/mol. The van der Waals surface area contributed by atoms with Crippen molar-refractivity contribution in [3.05, 3.63) is 53.6 Å². The third-order valence-corrected chi connectivity index (χ3v) is 5.15. The van der Waals surface area contributed by atoms with E-state index in [1.165, 1.54) is 10.4 Å². The molecule has 0 aliphatic carbocycles. The molecule has 0 saturated heterocycles. The van der Waals surface area contributed by atoms with Crippen LogP contribution in [0.5, 0.6) is 0 Å². The van der Waals surface area contributed by atoms with Crippen LogP contribution >= 0.6 is 0 Å². The molecule has 21 heavy (non-hydrogen) atoms. The molecule has 0 amide bonds. The molecule has 5 heteroatoms. The molecular formula is C16H20N2O2S. The fourth-order valence-electron chi connectivity index (χ4n) is 2.26. The zero-order valence-corrected chi connectivity index (χ0v) is 13.3. The molecule has 0 bridgehead atoms. The monoisotopic (exact) mass is 304 g/mol. The van der Waals surface area contributed by atoms with Crippen LogP contribution in [0.25, 0.3) is 0 Å². The predicted octanol–water partition coefficient (Wildman–Crippen LogP) is 3.10. The van der Waals surface area contributed by atoms with Gasteiger partial charge in [-0.15, -0.1) is 0 Å². The number of rotatable bonds is 4. The fourth-order valence-corrected chi connectivity index (χ4v) is 3.87. The third-order valence-electron chi connectivity index (χ3n) is 3.27. The van der Waals surface area contributed by atoms with Gasteiger partial charge < -0.3 is 5.73 Å². The van der Waals surface area contributed by atoms with E-state index in [0.717, 1.165) is 11.1 Å². The van der Waals surface area contributed by atoms with E-state index in [9.17, 15) is 8.42 Å². The average Bonchev–Trinajstić information content (AvgIpc) is 2.40. The fraction of sp³-hybridized carbons (Fsp3) is 0.250. The number of hydrogen-bond acceptors (Lipinski definition) is 3. The van der Waals surface area contributed by atoms with Crippen molar-refractivity contribution in [2.45, 2.75) is 25.7 Å². The minimum absolute atomic E-state index is 0.224. The molecule has 0 aromatic heterocycles. The molecule has 2 aromatic rings. The molecule has 0 aliphatic heterocycles. The van der Waals surface area contributed by atoms with Gasteiger partial charge in [0.05, 0.1) is 10.6 Å². The average molecular weight is 304 g/mol. The Bertz CT molecular complexity index is 717. The minimum atomic E-state index is -3.61. The van der Waals surface area contributed by atoms with E-state index >= 15 is 0 Å². The number of sulfonamides is 1. The number of benzene rings is 2. The summed E-state index contributed by atoms with van der Waals surface area (Å²) in [5, 5.41) is 0. The van der Waals surface area contributed by atoms with Gasteiger partial charge in [0, 0.05) is 12.2 Å². The Morgan fingerprint density at radius 3 is 2.14 bits per heavy atom. The van der Waals surface area contributed by atoms with Crippen molar-refractivity contribution in [2.75, 3.05) is 16.6 Å². The first kappa shape index (κ1) is 15.4. The maximum Gasteiger partial charge on any atom is 0.264 e. The zero-order chi connectivity index (χ0) is 15.6. The molecule has 0 atom stereocenters. The lowest BCUT2D eigenvalue weighted by Gasteiger charge is -2.23. The first-order valence-corrected chi connectivity index (χ1v) is 8.25. The number of nitrogen functional groups attached to an aromatic ring is 1. The predicted molar refractivity (Wildman–Crippen MR) is 87.0 cm³/mol. The number of nitrogens with two attached hydrogens (primary N) is 1. The topological polar surface area (TPSA) is 63.4 Å². The maximum atomic E-state index is 12.8. The molecule has 0 radical (unpaired) electrons. The molecule has 0 unspecified atom stereocenters. The molecule has 2 N–H and O–H groups in total. The summed E-state index contributed by atoms with van der Waals surface area (Å²) in [5.41, 5.74) is 8.80. The van der Waals surface area contributed by atoms with Gasteiger partial charge in [0.2, 0.25) is 0 Å². The van der Waals surface area contributed by atoms with Crippen molar-refractivity contribution in [3.63, 3.8) is 0 Å². The van der Waals surface area contributed by atoms with Gasteiger partial charge in [-0.2, -0.15) is 0 Å². The highest BCUT2D eigenvalue weighted by molar-refractivity contribution is 7.92. The summed E-state index contributed by atoms with van der Waals surface area (Å²) in [5.74, 6) is 0. The molecule has 112 valence electrons. The second kappa shape index (κ2) is 5.77. The van der Waals surface area contributed by atoms with E-state index in [1.807, 2.05) is 45.0 Å². The molecule has 0 saturated carbocycles. The maximum absolute atomic E-state index is 12.8. The lowest BCUT2D eigenvalue weighted by Crippen LogP contribution is -2.30. The van der Waals surface area contributed by atoms with E-state index in [4.69, 9.17) is 5.73 Å². The van der Waals surface area contributed by atoms with Gasteiger partial charge >= 0.3 is 0 Å². The van der Waals surface area contributed by atoms with Crippen molar-refractivity contribution in [1.82, 2.24) is 0 Å². The van der Waals surface area contributed by atoms with Crippen molar-refractivity contribution >= 4 is 21.4 Å². The van der Waals surface area contributed by atoms with E-state index < -0.39 is 10.0 Å². The largest absolute Gasteiger partial charge is 0.399 e. The molecule has 4 nitrogen and oxygen atoms in total. The van der Waals surface area contributed by atoms with Crippen molar-refractivity contribution < 1.29 is 8.42 Å². The molecule has 0 fully saturated rings. The molecule has 2 aromatic carbocycles. The second-order valence-corrected chi connectivity index (χ2v) is 6.95. The van der Waals surface area contributed by atoms with E-state index in [1.54, 1.807) is 12.1 Å². The summed E-state index contributed by atoms with van der Waals surface area (Å²) in [6.45, 7) is 5.98. The highest BCUT2D eigenvalue weighted by Crippen LogP contribution is 2.25. The lowest BCUT2D eigenvalue weighted by atomic mass is 10.2. The van der Waals surface area contributed by atoms with Crippen LogP contribution in [0.4, 0.5) is 11.4 Å². The SMILES string of the molecule is CCN(c1ccc(C)cc1)S(=O)(=O)c1cc(C)cc(N)c1. The van der Waals surface area contributed by atoms with Gasteiger partial charge in [-0.3, -0.25) is 4.31 Å². The summed E-state index contributed by atoms with van der Waals surface area (Å²) >= 11 is 0. The van der Waals surface area contributed by atoms with Gasteiger partial charge in [-0.1, -0.05) is 17.7 Å². The third kappa shape index (κ3) is 3.19. The van der Waals surface area contributed by atoms with Gasteiger partial charge in [0.25, 0.3) is 10.0 Å². The number of hydrogen-bond donors (Lipinski definition) is 1. The van der Waals surface area contributed by atoms with Gasteiger partial charge in [-0.25, -0.2) is 8.42 Å². The number of nitrogens with zero attached hydrogens (tertiary/aromatic N) is 1. The Morgan fingerprint density at radius 1 is 1.00 bits per heavy atom. The van der Waals surface area contributed by atoms with E-state index in [0.29, 0.717) is 17.9 Å². The van der Waals surface area contributed by atoms with Crippen LogP contribution in [0.15, 0.2) is 47.4 Å². The number of aryl methyl sites for hydroxylation is 2. The molecule has 0 spiro atoms. The van der Waals surface area contributed by atoms with E-state index in [2.05, 4.69) is 0 Å². The highest BCUT2D eigenvalue weighted by Gasteiger charge is 2.24. The standard InChI is InChI=1S/C16H20N2O2S/c1-4-18(15-7-5-12(2)6-8-15)21(19,20)16-10-13(3)9-14(17)11-16/h5-11H,4,17H2,1-3H3. The van der Waals surface area contributed by atoms with Gasteiger partial charge in [0.15, 0.2) is 0 Å². The zero-order valence-electron chi connectivity index (χ0n) is 12.5. The summed E-state index contributed by atoms with van der Waals surface area (Å²) in [4.78, 5) is 0.224. The first-order chi connectivity index (χ1) is 9.84. The van der Waals surface area contributed by atoms with Gasteiger partial charge in [-0.05, 0) is 56.7 Å². The minimum Gasteiger partial charge on any atom is -0.399 e. The Kier molecular flexibility index (Phi) is 4.23. The Hall–Kier alpha value is -2.01. The van der Waals surface area contributed by atoms with Crippen LogP contribution in [0.3, 0.4) is 0 Å². The molecule has 0 heterocycles. The summed E-state index contributed by atoms with van der Waals surface area (Å²) in [6, 6.07) is 12.3.